The Hall–Kier alpha value is -2.76. The van der Waals surface area contributed by atoms with Gasteiger partial charge in [0.25, 0.3) is 0 Å². The Balaban J connectivity index is 1.69. The Bertz CT molecular complexity index is 990. The van der Waals surface area contributed by atoms with E-state index in [9.17, 15) is 9.18 Å². The molecule has 0 atom stereocenters. The number of anilines is 2. The van der Waals surface area contributed by atoms with Crippen LogP contribution in [0.2, 0.25) is 10.0 Å². The molecule has 0 saturated carbocycles. The maximum Gasteiger partial charge on any atom is 0.221 e. The standard InChI is InChI=1S/C22H19Cl2FN2O2/c1-14(28)27-18-8-6-17(7-9-18)26-12-15-11-16(23)5-10-22(15)29-13-19-20(24)3-2-4-21(19)25/h2-11,26H,12-13H2,1H3,(H,27,28). The molecule has 0 radical (unpaired) electrons. The SMILES string of the molecule is CC(=O)Nc1ccc(NCc2cc(Cl)ccc2OCc2c(F)cccc2Cl)cc1. The number of carbonyl (C=O) groups is 1. The molecule has 0 saturated heterocycles. The van der Waals surface area contributed by atoms with E-state index in [0.717, 1.165) is 16.9 Å². The van der Waals surface area contributed by atoms with Crippen molar-refractivity contribution in [1.82, 2.24) is 0 Å². The highest BCUT2D eigenvalue weighted by molar-refractivity contribution is 6.31. The third kappa shape index (κ3) is 5.86. The zero-order chi connectivity index (χ0) is 20.8. The summed E-state index contributed by atoms with van der Waals surface area (Å²) in [6.45, 7) is 1.91. The Morgan fingerprint density at radius 2 is 1.76 bits per heavy atom. The van der Waals surface area contributed by atoms with Crippen molar-refractivity contribution in [2.24, 2.45) is 0 Å². The first kappa shape index (κ1) is 21.0. The topological polar surface area (TPSA) is 50.4 Å². The lowest BCUT2D eigenvalue weighted by Gasteiger charge is -2.14. The molecule has 7 heteroatoms. The van der Waals surface area contributed by atoms with Gasteiger partial charge >= 0.3 is 0 Å². The van der Waals surface area contributed by atoms with Gasteiger partial charge < -0.3 is 15.4 Å². The molecule has 0 fully saturated rings. The zero-order valence-electron chi connectivity index (χ0n) is 15.6. The number of hydrogen-bond acceptors (Lipinski definition) is 3. The molecule has 3 rings (SSSR count). The van der Waals surface area contributed by atoms with Crippen molar-refractivity contribution >= 4 is 40.5 Å². The van der Waals surface area contributed by atoms with Gasteiger partial charge in [-0.05, 0) is 54.6 Å². The van der Waals surface area contributed by atoms with Crippen LogP contribution in [0.15, 0.2) is 60.7 Å². The Morgan fingerprint density at radius 3 is 2.45 bits per heavy atom. The normalized spacial score (nSPS) is 10.5. The summed E-state index contributed by atoms with van der Waals surface area (Å²) in [6, 6.07) is 17.1. The number of nitrogens with one attached hydrogen (secondary N) is 2. The monoisotopic (exact) mass is 432 g/mol. The molecule has 4 nitrogen and oxygen atoms in total. The molecule has 29 heavy (non-hydrogen) atoms. The molecule has 0 aliphatic carbocycles. The van der Waals surface area contributed by atoms with E-state index in [1.165, 1.54) is 13.0 Å². The lowest BCUT2D eigenvalue weighted by molar-refractivity contribution is -0.114. The largest absolute Gasteiger partial charge is 0.488 e. The Labute approximate surface area is 178 Å². The van der Waals surface area contributed by atoms with Crippen molar-refractivity contribution in [2.75, 3.05) is 10.6 Å². The van der Waals surface area contributed by atoms with E-state index in [1.54, 1.807) is 42.5 Å². The van der Waals surface area contributed by atoms with E-state index in [1.807, 2.05) is 12.1 Å². The summed E-state index contributed by atoms with van der Waals surface area (Å²) in [4.78, 5) is 11.1. The third-order valence-corrected chi connectivity index (χ3v) is 4.73. The first-order chi connectivity index (χ1) is 13.9. The highest BCUT2D eigenvalue weighted by Gasteiger charge is 2.10. The van der Waals surface area contributed by atoms with Crippen molar-refractivity contribution in [3.05, 3.63) is 87.7 Å². The average Bonchev–Trinajstić information content (AvgIpc) is 2.68. The van der Waals surface area contributed by atoms with Crippen LogP contribution in [0.1, 0.15) is 18.1 Å². The minimum Gasteiger partial charge on any atom is -0.488 e. The smallest absolute Gasteiger partial charge is 0.221 e. The molecule has 2 N–H and O–H groups in total. The molecule has 0 bridgehead atoms. The second-order valence-electron chi connectivity index (χ2n) is 6.35. The highest BCUT2D eigenvalue weighted by atomic mass is 35.5. The van der Waals surface area contributed by atoms with Crippen molar-refractivity contribution in [3.63, 3.8) is 0 Å². The van der Waals surface area contributed by atoms with Crippen molar-refractivity contribution in [3.8, 4) is 5.75 Å². The van der Waals surface area contributed by atoms with Crippen LogP contribution in [0, 0.1) is 5.82 Å². The van der Waals surface area contributed by atoms with Gasteiger partial charge in [0.2, 0.25) is 5.91 Å². The van der Waals surface area contributed by atoms with E-state index in [0.29, 0.717) is 27.9 Å². The van der Waals surface area contributed by atoms with Gasteiger partial charge in [-0.15, -0.1) is 0 Å². The molecule has 0 spiro atoms. The quantitative estimate of drug-likeness (QED) is 0.461. The van der Waals surface area contributed by atoms with Crippen molar-refractivity contribution < 1.29 is 13.9 Å². The molecule has 0 aromatic heterocycles. The summed E-state index contributed by atoms with van der Waals surface area (Å²) < 4.78 is 19.8. The first-order valence-corrected chi connectivity index (χ1v) is 9.63. The van der Waals surface area contributed by atoms with E-state index in [2.05, 4.69) is 10.6 Å². The van der Waals surface area contributed by atoms with Crippen molar-refractivity contribution in [1.29, 1.82) is 0 Å². The van der Waals surface area contributed by atoms with Crippen LogP contribution in [0.5, 0.6) is 5.75 Å². The highest BCUT2D eigenvalue weighted by Crippen LogP contribution is 2.27. The number of benzene rings is 3. The third-order valence-electron chi connectivity index (χ3n) is 4.14. The number of hydrogen-bond donors (Lipinski definition) is 2. The van der Waals surface area contributed by atoms with Crippen LogP contribution in [-0.4, -0.2) is 5.91 Å². The fraction of sp³-hybridized carbons (Fsp3) is 0.136. The minimum atomic E-state index is -0.412. The lowest BCUT2D eigenvalue weighted by Crippen LogP contribution is -2.06. The van der Waals surface area contributed by atoms with Crippen LogP contribution in [-0.2, 0) is 17.9 Å². The Kier molecular flexibility index (Phi) is 6.96. The van der Waals surface area contributed by atoms with E-state index >= 15 is 0 Å². The van der Waals surface area contributed by atoms with Gasteiger partial charge in [-0.1, -0.05) is 29.3 Å². The van der Waals surface area contributed by atoms with Gasteiger partial charge in [0.05, 0.1) is 5.02 Å². The lowest BCUT2D eigenvalue weighted by atomic mass is 10.2. The molecule has 0 aliphatic rings. The number of halogens is 3. The summed E-state index contributed by atoms with van der Waals surface area (Å²) in [5.41, 5.74) is 2.70. The minimum absolute atomic E-state index is 0.00551. The number of rotatable bonds is 7. The van der Waals surface area contributed by atoms with Crippen LogP contribution >= 0.6 is 23.2 Å². The predicted molar refractivity (Wildman–Crippen MR) is 115 cm³/mol. The van der Waals surface area contributed by atoms with Gasteiger partial charge in [-0.25, -0.2) is 4.39 Å². The Morgan fingerprint density at radius 1 is 1.03 bits per heavy atom. The summed E-state index contributed by atoms with van der Waals surface area (Å²) in [5.74, 6) is 0.0443. The molecule has 0 aliphatic heterocycles. The first-order valence-electron chi connectivity index (χ1n) is 8.88. The average molecular weight is 433 g/mol. The van der Waals surface area contributed by atoms with Gasteiger partial charge in [-0.2, -0.15) is 0 Å². The zero-order valence-corrected chi connectivity index (χ0v) is 17.1. The van der Waals surface area contributed by atoms with Gasteiger partial charge in [0.1, 0.15) is 18.2 Å². The molecule has 0 heterocycles. The molecule has 3 aromatic rings. The molecule has 150 valence electrons. The van der Waals surface area contributed by atoms with Crippen LogP contribution < -0.4 is 15.4 Å². The van der Waals surface area contributed by atoms with Crippen LogP contribution in [0.4, 0.5) is 15.8 Å². The number of carbonyl (C=O) groups excluding carboxylic acids is 1. The summed E-state index contributed by atoms with van der Waals surface area (Å²) in [6.07, 6.45) is 0. The molecule has 3 aromatic carbocycles. The van der Waals surface area contributed by atoms with Crippen LogP contribution in [0.25, 0.3) is 0 Å². The predicted octanol–water partition coefficient (Wildman–Crippen LogP) is 6.28. The summed E-state index contributed by atoms with van der Waals surface area (Å²) >= 11 is 12.2. The van der Waals surface area contributed by atoms with E-state index in [4.69, 9.17) is 27.9 Å². The van der Waals surface area contributed by atoms with Gasteiger partial charge in [-0.3, -0.25) is 4.79 Å². The molecule has 0 unspecified atom stereocenters. The van der Waals surface area contributed by atoms with Crippen LogP contribution in [0.3, 0.4) is 0 Å². The fourth-order valence-corrected chi connectivity index (χ4v) is 3.13. The second-order valence-corrected chi connectivity index (χ2v) is 7.20. The molecular weight excluding hydrogens is 414 g/mol. The molecule has 1 amide bonds. The number of ether oxygens (including phenoxy) is 1. The second kappa shape index (κ2) is 9.63. The fourth-order valence-electron chi connectivity index (χ4n) is 2.72. The van der Waals surface area contributed by atoms with Gasteiger partial charge in [0, 0.05) is 41.0 Å². The molecular formula is C22H19Cl2FN2O2. The summed E-state index contributed by atoms with van der Waals surface area (Å²) in [5, 5.41) is 6.88. The van der Waals surface area contributed by atoms with Crippen molar-refractivity contribution in [2.45, 2.75) is 20.1 Å². The van der Waals surface area contributed by atoms with E-state index < -0.39 is 5.82 Å². The van der Waals surface area contributed by atoms with E-state index in [-0.39, 0.29) is 12.5 Å². The maximum atomic E-state index is 14.0. The maximum absolute atomic E-state index is 14.0. The summed E-state index contributed by atoms with van der Waals surface area (Å²) in [7, 11) is 0. The number of amides is 1. The van der Waals surface area contributed by atoms with Gasteiger partial charge in [0.15, 0.2) is 0 Å².